The van der Waals surface area contributed by atoms with E-state index in [4.69, 9.17) is 4.74 Å². The molecule has 1 aromatic carbocycles. The molecule has 90 valence electrons. The van der Waals surface area contributed by atoms with Crippen LogP contribution in [0.3, 0.4) is 0 Å². The van der Waals surface area contributed by atoms with Crippen LogP contribution in [0.15, 0.2) is 16.6 Å². The van der Waals surface area contributed by atoms with Crippen molar-refractivity contribution in [3.8, 4) is 5.75 Å². The number of halogens is 5. The summed E-state index contributed by atoms with van der Waals surface area (Å²) in [5, 5.41) is 0. The summed E-state index contributed by atoms with van der Waals surface area (Å²) < 4.78 is 59.5. The van der Waals surface area contributed by atoms with Crippen molar-refractivity contribution in [1.29, 1.82) is 0 Å². The van der Waals surface area contributed by atoms with Gasteiger partial charge in [-0.1, -0.05) is 0 Å². The third kappa shape index (κ3) is 3.08. The molecule has 1 aromatic rings. The van der Waals surface area contributed by atoms with Gasteiger partial charge in [-0.25, -0.2) is 4.39 Å². The van der Waals surface area contributed by atoms with Crippen molar-refractivity contribution in [2.75, 3.05) is 13.9 Å². The summed E-state index contributed by atoms with van der Waals surface area (Å²) in [6, 6.07) is 1.28. The van der Waals surface area contributed by atoms with Crippen LogP contribution in [0.25, 0.3) is 0 Å². The maximum Gasteiger partial charge on any atom is 0.419 e. The van der Waals surface area contributed by atoms with E-state index in [1.165, 1.54) is 7.11 Å². The molecule has 0 atom stereocenters. The molecule has 0 radical (unpaired) electrons. The molecule has 0 aliphatic carbocycles. The van der Waals surface area contributed by atoms with Crippen LogP contribution >= 0.6 is 15.9 Å². The minimum Gasteiger partial charge on any atom is -0.466 e. The molecular weight excluding hydrogens is 296 g/mol. The lowest BCUT2D eigenvalue weighted by molar-refractivity contribution is -0.140. The van der Waals surface area contributed by atoms with Crippen LogP contribution in [0.4, 0.5) is 17.6 Å². The number of hydrogen-bond acceptors (Lipinski definition) is 2. The number of methoxy groups -OCH3 is 1. The van der Waals surface area contributed by atoms with E-state index in [1.807, 2.05) is 0 Å². The molecule has 0 saturated heterocycles. The van der Waals surface area contributed by atoms with E-state index >= 15 is 0 Å². The highest BCUT2D eigenvalue weighted by molar-refractivity contribution is 9.10. The average molecular weight is 303 g/mol. The summed E-state index contributed by atoms with van der Waals surface area (Å²) in [7, 11) is 1.32. The third-order valence-corrected chi connectivity index (χ3v) is 2.28. The van der Waals surface area contributed by atoms with Crippen LogP contribution < -0.4 is 4.74 Å². The van der Waals surface area contributed by atoms with E-state index < -0.39 is 17.6 Å². The van der Waals surface area contributed by atoms with Gasteiger partial charge in [0, 0.05) is 7.11 Å². The summed E-state index contributed by atoms with van der Waals surface area (Å²) in [5.74, 6) is -1.49. The lowest BCUT2D eigenvalue weighted by Crippen LogP contribution is -2.09. The van der Waals surface area contributed by atoms with Crippen LogP contribution in [0.2, 0.25) is 0 Å². The van der Waals surface area contributed by atoms with Gasteiger partial charge in [0.15, 0.2) is 6.79 Å². The normalized spacial score (nSPS) is 11.6. The molecule has 0 saturated carbocycles. The highest BCUT2D eigenvalue weighted by Crippen LogP contribution is 2.37. The highest BCUT2D eigenvalue weighted by atomic mass is 79.9. The van der Waals surface area contributed by atoms with Crippen LogP contribution in [-0.2, 0) is 10.9 Å². The Bertz CT molecular complexity index is 379. The summed E-state index contributed by atoms with van der Waals surface area (Å²) in [4.78, 5) is 0. The van der Waals surface area contributed by atoms with Gasteiger partial charge in [-0.15, -0.1) is 0 Å². The first-order chi connectivity index (χ1) is 7.36. The minimum atomic E-state index is -4.75. The Morgan fingerprint density at radius 3 is 2.44 bits per heavy atom. The molecule has 0 spiro atoms. The Balaban J connectivity index is 3.11. The summed E-state index contributed by atoms with van der Waals surface area (Å²) in [6.07, 6.45) is -4.75. The van der Waals surface area contributed by atoms with Crippen molar-refractivity contribution in [3.05, 3.63) is 28.0 Å². The Labute approximate surface area is 97.3 Å². The van der Waals surface area contributed by atoms with Crippen molar-refractivity contribution in [1.82, 2.24) is 0 Å². The summed E-state index contributed by atoms with van der Waals surface area (Å²) in [6.45, 7) is -0.221. The van der Waals surface area contributed by atoms with Crippen LogP contribution in [0, 0.1) is 5.82 Å². The van der Waals surface area contributed by atoms with Gasteiger partial charge < -0.3 is 9.47 Å². The van der Waals surface area contributed by atoms with Gasteiger partial charge in [-0.2, -0.15) is 13.2 Å². The van der Waals surface area contributed by atoms with Crippen molar-refractivity contribution in [3.63, 3.8) is 0 Å². The Morgan fingerprint density at radius 1 is 1.31 bits per heavy atom. The van der Waals surface area contributed by atoms with Gasteiger partial charge in [0.25, 0.3) is 0 Å². The number of ether oxygens (including phenoxy) is 2. The zero-order chi connectivity index (χ0) is 12.3. The molecule has 0 fully saturated rings. The van der Waals surface area contributed by atoms with E-state index in [2.05, 4.69) is 20.7 Å². The molecule has 0 aromatic heterocycles. The lowest BCUT2D eigenvalue weighted by atomic mass is 10.2. The zero-order valence-electron chi connectivity index (χ0n) is 8.07. The fourth-order valence-electron chi connectivity index (χ4n) is 0.979. The maximum absolute atomic E-state index is 13.0. The average Bonchev–Trinajstić information content (AvgIpc) is 2.14. The Hall–Kier alpha value is -0.820. The molecule has 0 aliphatic rings. The number of alkyl halides is 3. The molecule has 7 heteroatoms. The fraction of sp³-hybridized carbons (Fsp3) is 0.333. The number of rotatable bonds is 3. The number of hydrogen-bond donors (Lipinski definition) is 0. The first-order valence-corrected chi connectivity index (χ1v) is 4.83. The minimum absolute atomic E-state index is 0.0926. The van der Waals surface area contributed by atoms with Crippen LogP contribution in [0.5, 0.6) is 5.75 Å². The SMILES string of the molecule is COCOc1cc(C(F)(F)F)c(F)cc1Br. The zero-order valence-corrected chi connectivity index (χ0v) is 9.65. The monoisotopic (exact) mass is 302 g/mol. The molecule has 0 aliphatic heterocycles. The van der Waals surface area contributed by atoms with Crippen molar-refractivity contribution < 1.29 is 27.0 Å². The maximum atomic E-state index is 13.0. The third-order valence-electron chi connectivity index (χ3n) is 1.66. The van der Waals surface area contributed by atoms with Gasteiger partial charge in [0.2, 0.25) is 0 Å². The molecule has 0 heterocycles. The van der Waals surface area contributed by atoms with Gasteiger partial charge >= 0.3 is 6.18 Å². The van der Waals surface area contributed by atoms with Crippen LogP contribution in [0.1, 0.15) is 5.56 Å². The lowest BCUT2D eigenvalue weighted by Gasteiger charge is -2.12. The second-order valence-corrected chi connectivity index (χ2v) is 3.67. The van der Waals surface area contributed by atoms with E-state index in [0.29, 0.717) is 12.1 Å². The molecule has 0 bridgehead atoms. The first-order valence-electron chi connectivity index (χ1n) is 4.04. The second kappa shape index (κ2) is 5.01. The van der Waals surface area contributed by atoms with Gasteiger partial charge in [0.1, 0.15) is 11.6 Å². The van der Waals surface area contributed by atoms with E-state index in [1.54, 1.807) is 0 Å². The Kier molecular flexibility index (Phi) is 4.15. The predicted octanol–water partition coefficient (Wildman–Crippen LogP) is 3.59. The van der Waals surface area contributed by atoms with E-state index in [-0.39, 0.29) is 17.0 Å². The molecule has 0 N–H and O–H groups in total. The smallest absolute Gasteiger partial charge is 0.419 e. The Morgan fingerprint density at radius 2 is 1.94 bits per heavy atom. The largest absolute Gasteiger partial charge is 0.466 e. The molecular formula is C9H7BrF4O2. The standard InChI is InChI=1S/C9H7BrF4O2/c1-15-4-16-8-2-5(9(12,13)14)7(11)3-6(8)10/h2-3H,4H2,1H3. The molecule has 0 unspecified atom stereocenters. The quantitative estimate of drug-likeness (QED) is 0.627. The second-order valence-electron chi connectivity index (χ2n) is 2.81. The predicted molar refractivity (Wildman–Crippen MR) is 51.6 cm³/mol. The van der Waals surface area contributed by atoms with Crippen molar-refractivity contribution in [2.24, 2.45) is 0 Å². The van der Waals surface area contributed by atoms with Crippen LogP contribution in [-0.4, -0.2) is 13.9 Å². The van der Waals surface area contributed by atoms with Gasteiger partial charge in [-0.05, 0) is 28.1 Å². The molecule has 1 rings (SSSR count). The van der Waals surface area contributed by atoms with Gasteiger partial charge in [0.05, 0.1) is 10.0 Å². The fourth-order valence-corrected chi connectivity index (χ4v) is 1.41. The molecule has 2 nitrogen and oxygen atoms in total. The number of benzene rings is 1. The summed E-state index contributed by atoms with van der Waals surface area (Å²) in [5.41, 5.74) is -1.37. The van der Waals surface area contributed by atoms with Crippen molar-refractivity contribution >= 4 is 15.9 Å². The van der Waals surface area contributed by atoms with Gasteiger partial charge in [-0.3, -0.25) is 0 Å². The summed E-state index contributed by atoms with van der Waals surface area (Å²) >= 11 is 2.89. The van der Waals surface area contributed by atoms with E-state index in [0.717, 1.165) is 0 Å². The van der Waals surface area contributed by atoms with Crippen molar-refractivity contribution in [2.45, 2.75) is 6.18 Å². The highest BCUT2D eigenvalue weighted by Gasteiger charge is 2.35. The molecule has 0 amide bonds. The first kappa shape index (κ1) is 13.2. The topological polar surface area (TPSA) is 18.5 Å². The van der Waals surface area contributed by atoms with E-state index in [9.17, 15) is 17.6 Å². The molecule has 16 heavy (non-hydrogen) atoms.